The molecular weight excluding hydrogens is 285 g/mol. The molecule has 0 heterocycles. The molecule has 0 saturated heterocycles. The molecule has 1 rings (SSSR count). The number of aromatic carboxylic acids is 1. The normalized spacial score (nSPS) is 8.81. The summed E-state index contributed by atoms with van der Waals surface area (Å²) in [5.41, 5.74) is 0.620. The summed E-state index contributed by atoms with van der Waals surface area (Å²) in [6.07, 6.45) is 0. The van der Waals surface area contributed by atoms with Crippen LogP contribution in [0, 0.1) is 6.92 Å². The fourth-order valence-electron chi connectivity index (χ4n) is 1.21. The molecule has 1 N–H and O–H groups in total. The van der Waals surface area contributed by atoms with E-state index in [1.54, 1.807) is 0 Å². The van der Waals surface area contributed by atoms with E-state index in [2.05, 4.69) is 4.65 Å². The first-order valence-corrected chi connectivity index (χ1v) is 4.15. The standard InChI is InChI=1S/C9H7B2O4.Zr/c1-5-6(8(12)13)3-2-4-7(5)9(14)15-11-10;/h2-4H,1H3,(H,12,13);. The van der Waals surface area contributed by atoms with Crippen LogP contribution >= 0.6 is 0 Å². The second kappa shape index (κ2) is 6.69. The molecule has 0 unspecified atom stereocenters. The third kappa shape index (κ3) is 3.34. The molecule has 0 aliphatic rings. The monoisotopic (exact) mass is 291 g/mol. The molecular formula is C9H7B2O4Zr. The van der Waals surface area contributed by atoms with Gasteiger partial charge in [-0.2, -0.15) is 0 Å². The summed E-state index contributed by atoms with van der Waals surface area (Å²) in [6, 6.07) is 4.37. The zero-order valence-corrected chi connectivity index (χ0v) is 11.0. The Morgan fingerprint density at radius 3 is 2.44 bits per heavy atom. The number of hydrogen-bond donors (Lipinski definition) is 1. The maximum atomic E-state index is 11.3. The van der Waals surface area contributed by atoms with E-state index in [9.17, 15) is 9.59 Å². The number of carbonyl (C=O) groups is 2. The molecule has 0 spiro atoms. The largest absolute Gasteiger partial charge is 0.546 e. The van der Waals surface area contributed by atoms with E-state index in [-0.39, 0.29) is 37.3 Å². The van der Waals surface area contributed by atoms with Crippen molar-refractivity contribution in [3.8, 4) is 0 Å². The van der Waals surface area contributed by atoms with E-state index in [1.165, 1.54) is 25.1 Å². The van der Waals surface area contributed by atoms with Crippen LogP contribution in [0.2, 0.25) is 0 Å². The second-order valence-corrected chi connectivity index (χ2v) is 2.82. The maximum Gasteiger partial charge on any atom is 0.335 e. The minimum atomic E-state index is -1.08. The number of carbonyl (C=O) groups excluding carboxylic acids is 1. The molecule has 1 aromatic rings. The topological polar surface area (TPSA) is 63.6 Å². The van der Waals surface area contributed by atoms with Gasteiger partial charge in [0.25, 0.3) is 0 Å². The van der Waals surface area contributed by atoms with Gasteiger partial charge in [-0.15, -0.1) is 0 Å². The van der Waals surface area contributed by atoms with Crippen molar-refractivity contribution in [1.29, 1.82) is 0 Å². The molecule has 77 valence electrons. The van der Waals surface area contributed by atoms with Crippen LogP contribution in [0.3, 0.4) is 0 Å². The van der Waals surface area contributed by atoms with E-state index < -0.39 is 11.9 Å². The van der Waals surface area contributed by atoms with Crippen molar-refractivity contribution in [1.82, 2.24) is 0 Å². The summed E-state index contributed by atoms with van der Waals surface area (Å²) in [4.78, 5) is 22.1. The second-order valence-electron chi connectivity index (χ2n) is 2.82. The third-order valence-corrected chi connectivity index (χ3v) is 1.96. The Morgan fingerprint density at radius 2 is 1.94 bits per heavy atom. The smallest absolute Gasteiger partial charge is 0.335 e. The number of rotatable bonds is 3. The predicted molar refractivity (Wildman–Crippen MR) is 55.1 cm³/mol. The summed E-state index contributed by atoms with van der Waals surface area (Å²) in [5, 5.41) is 8.82. The first-order chi connectivity index (χ1) is 7.07. The van der Waals surface area contributed by atoms with Crippen molar-refractivity contribution in [2.45, 2.75) is 6.92 Å². The molecule has 1 aromatic carbocycles. The van der Waals surface area contributed by atoms with Crippen LogP contribution in [0.15, 0.2) is 18.2 Å². The van der Waals surface area contributed by atoms with E-state index in [0.29, 0.717) is 5.56 Å². The zero-order valence-electron chi connectivity index (χ0n) is 8.56. The Balaban J connectivity index is 0.00000225. The van der Waals surface area contributed by atoms with Gasteiger partial charge in [0.05, 0.1) is 18.9 Å². The van der Waals surface area contributed by atoms with Gasteiger partial charge >= 0.3 is 19.3 Å². The summed E-state index contributed by atoms with van der Waals surface area (Å²) in [7, 11) is 5.69. The van der Waals surface area contributed by atoms with E-state index in [0.717, 1.165) is 7.37 Å². The predicted octanol–water partition coefficient (Wildman–Crippen LogP) is 0.550. The molecule has 0 amide bonds. The molecule has 0 bridgehead atoms. The summed E-state index contributed by atoms with van der Waals surface area (Å²) < 4.78 is 4.46. The Kier molecular flexibility index (Phi) is 6.34. The molecule has 0 saturated carbocycles. The van der Waals surface area contributed by atoms with Crippen LogP contribution in [0.5, 0.6) is 0 Å². The average Bonchev–Trinajstić information content (AvgIpc) is 2.17. The fraction of sp³-hybridized carbons (Fsp3) is 0.111. The van der Waals surface area contributed by atoms with Crippen molar-refractivity contribution in [3.05, 3.63) is 34.9 Å². The van der Waals surface area contributed by atoms with Gasteiger partial charge in [-0.05, 0) is 24.6 Å². The third-order valence-electron chi connectivity index (χ3n) is 1.96. The number of benzene rings is 1. The number of carboxylic acids is 1. The van der Waals surface area contributed by atoms with Crippen molar-refractivity contribution in [2.24, 2.45) is 0 Å². The zero-order chi connectivity index (χ0) is 11.4. The Hall–Kier alpha value is -0.827. The summed E-state index contributed by atoms with van der Waals surface area (Å²) in [6.45, 7) is 1.54. The van der Waals surface area contributed by atoms with Crippen LogP contribution in [0.1, 0.15) is 26.3 Å². The van der Waals surface area contributed by atoms with E-state index in [4.69, 9.17) is 12.8 Å². The summed E-state index contributed by atoms with van der Waals surface area (Å²) >= 11 is 0. The molecule has 16 heavy (non-hydrogen) atoms. The molecule has 7 heteroatoms. The van der Waals surface area contributed by atoms with E-state index >= 15 is 0 Å². The van der Waals surface area contributed by atoms with Crippen LogP contribution < -0.4 is 0 Å². The Bertz CT molecular complexity index is 408. The first kappa shape index (κ1) is 15.2. The quantitative estimate of drug-likeness (QED) is 0.826. The van der Waals surface area contributed by atoms with Crippen LogP contribution in [0.25, 0.3) is 0 Å². The average molecular weight is 292 g/mol. The fourth-order valence-corrected chi connectivity index (χ4v) is 1.21. The van der Waals surface area contributed by atoms with Crippen molar-refractivity contribution >= 4 is 27.0 Å². The van der Waals surface area contributed by atoms with Gasteiger partial charge in [0.15, 0.2) is 0 Å². The first-order valence-electron chi connectivity index (χ1n) is 4.15. The van der Waals surface area contributed by atoms with Gasteiger partial charge in [-0.25, -0.2) is 9.59 Å². The molecule has 0 aromatic heterocycles. The Morgan fingerprint density at radius 1 is 1.38 bits per heavy atom. The molecule has 0 atom stereocenters. The molecule has 0 aliphatic heterocycles. The minimum absolute atomic E-state index is 0. The van der Waals surface area contributed by atoms with E-state index in [1.807, 2.05) is 0 Å². The van der Waals surface area contributed by atoms with Crippen molar-refractivity contribution < 1.29 is 45.6 Å². The maximum absolute atomic E-state index is 11.3. The van der Waals surface area contributed by atoms with Crippen LogP contribution in [-0.4, -0.2) is 32.2 Å². The molecule has 4 nitrogen and oxygen atoms in total. The summed E-state index contributed by atoms with van der Waals surface area (Å²) in [5.74, 6) is -1.75. The van der Waals surface area contributed by atoms with Crippen molar-refractivity contribution in [2.75, 3.05) is 0 Å². The molecule has 3 radical (unpaired) electrons. The van der Waals surface area contributed by atoms with Gasteiger partial charge < -0.3 is 9.76 Å². The van der Waals surface area contributed by atoms with Gasteiger partial charge in [0.1, 0.15) is 0 Å². The van der Waals surface area contributed by atoms with Gasteiger partial charge in [0, 0.05) is 26.2 Å². The van der Waals surface area contributed by atoms with Crippen LogP contribution in [0.4, 0.5) is 0 Å². The van der Waals surface area contributed by atoms with Crippen LogP contribution in [-0.2, 0) is 30.9 Å². The van der Waals surface area contributed by atoms with Gasteiger partial charge in [0.2, 0.25) is 0 Å². The van der Waals surface area contributed by atoms with Crippen molar-refractivity contribution in [3.63, 3.8) is 0 Å². The number of hydrogen-bond acceptors (Lipinski definition) is 3. The SMILES string of the molecule is [B][B]OC(=O)c1cccc(C(=O)O)c1C.[Zr]. The minimum Gasteiger partial charge on any atom is -0.546 e. The van der Waals surface area contributed by atoms with Gasteiger partial charge in [-0.3, -0.25) is 0 Å². The number of carboxylic acid groups (broad SMARTS) is 1. The van der Waals surface area contributed by atoms with Gasteiger partial charge in [-0.1, -0.05) is 6.07 Å². The Labute approximate surface area is 114 Å². The molecule has 0 aliphatic carbocycles. The molecule has 0 fully saturated rings.